The summed E-state index contributed by atoms with van der Waals surface area (Å²) in [4.78, 5) is 6.79. The van der Waals surface area contributed by atoms with Gasteiger partial charge in [-0.3, -0.25) is 4.99 Å². The molecule has 1 aromatic carbocycles. The highest BCUT2D eigenvalue weighted by Gasteiger charge is 2.21. The predicted molar refractivity (Wildman–Crippen MR) is 106 cm³/mol. The second-order valence-electron chi connectivity index (χ2n) is 5.44. The number of nitrogens with one attached hydrogen (secondary N) is 1. The van der Waals surface area contributed by atoms with Crippen LogP contribution in [0.2, 0.25) is 0 Å². The third kappa shape index (κ3) is 4.59. The van der Waals surface area contributed by atoms with Crippen LogP contribution in [-0.2, 0) is 6.54 Å². The van der Waals surface area contributed by atoms with E-state index in [1.54, 1.807) is 0 Å². The van der Waals surface area contributed by atoms with E-state index in [-0.39, 0.29) is 24.0 Å². The van der Waals surface area contributed by atoms with Crippen LogP contribution in [0.15, 0.2) is 23.2 Å². The van der Waals surface area contributed by atoms with E-state index >= 15 is 0 Å². The van der Waals surface area contributed by atoms with Crippen LogP contribution in [0, 0.1) is 0 Å². The summed E-state index contributed by atoms with van der Waals surface area (Å²) in [6.45, 7) is 5.44. The molecule has 1 atom stereocenters. The largest absolute Gasteiger partial charge is 0.454 e. The van der Waals surface area contributed by atoms with Gasteiger partial charge in [-0.1, -0.05) is 13.0 Å². The maximum absolute atomic E-state index is 5.42. The van der Waals surface area contributed by atoms with Gasteiger partial charge in [-0.2, -0.15) is 11.8 Å². The van der Waals surface area contributed by atoms with Gasteiger partial charge in [0.2, 0.25) is 6.79 Å². The second-order valence-corrected chi connectivity index (χ2v) is 6.84. The number of ether oxygens (including phenoxy) is 2. The van der Waals surface area contributed by atoms with Crippen LogP contribution in [-0.4, -0.2) is 48.8 Å². The molecule has 0 saturated carbocycles. The van der Waals surface area contributed by atoms with Crippen LogP contribution in [0.5, 0.6) is 11.5 Å². The zero-order valence-electron chi connectivity index (χ0n) is 13.6. The van der Waals surface area contributed by atoms with E-state index in [1.807, 2.05) is 19.2 Å². The van der Waals surface area contributed by atoms with Crippen molar-refractivity contribution in [3.8, 4) is 11.5 Å². The molecule has 7 heteroatoms. The Morgan fingerprint density at radius 2 is 2.22 bits per heavy atom. The Kier molecular flexibility index (Phi) is 7.13. The smallest absolute Gasteiger partial charge is 0.231 e. The fourth-order valence-electron chi connectivity index (χ4n) is 2.72. The summed E-state index contributed by atoms with van der Waals surface area (Å²) in [5.41, 5.74) is 1.17. The van der Waals surface area contributed by atoms with Crippen molar-refractivity contribution in [3.63, 3.8) is 0 Å². The van der Waals surface area contributed by atoms with E-state index in [2.05, 4.69) is 40.0 Å². The Balaban J connectivity index is 0.00000192. The lowest BCUT2D eigenvalue weighted by molar-refractivity contribution is 0.174. The Hall–Kier alpha value is -0.830. The SMILES string of the molecule is CCC1CN(C(=NC)NCc2ccc3c(c2)OCO3)CCS1.I. The van der Waals surface area contributed by atoms with Gasteiger partial charge in [0.1, 0.15) is 0 Å². The standard InChI is InChI=1S/C16H23N3O2S.HI/c1-3-13-10-19(6-7-22-13)16(17-2)18-9-12-4-5-14-15(8-12)21-11-20-14;/h4-5,8,13H,3,6-7,9-11H2,1-2H3,(H,17,18);1H. The van der Waals surface area contributed by atoms with Crippen LogP contribution in [0.3, 0.4) is 0 Å². The summed E-state index contributed by atoms with van der Waals surface area (Å²) in [6, 6.07) is 6.06. The zero-order chi connectivity index (χ0) is 15.4. The zero-order valence-corrected chi connectivity index (χ0v) is 16.7. The normalized spacial score (nSPS) is 20.2. The molecule has 128 valence electrons. The van der Waals surface area contributed by atoms with E-state index in [1.165, 1.54) is 17.7 Å². The number of hydrogen-bond donors (Lipinski definition) is 1. The van der Waals surface area contributed by atoms with Crippen molar-refractivity contribution in [2.24, 2.45) is 4.99 Å². The van der Waals surface area contributed by atoms with Crippen LogP contribution < -0.4 is 14.8 Å². The summed E-state index contributed by atoms with van der Waals surface area (Å²) in [7, 11) is 1.85. The molecule has 2 aliphatic rings. The molecule has 3 rings (SSSR count). The van der Waals surface area contributed by atoms with Crippen molar-refractivity contribution in [2.45, 2.75) is 25.1 Å². The number of hydrogen-bond acceptors (Lipinski definition) is 4. The highest BCUT2D eigenvalue weighted by molar-refractivity contribution is 14.0. The molecule has 2 aliphatic heterocycles. The summed E-state index contributed by atoms with van der Waals surface area (Å²) < 4.78 is 10.8. The second kappa shape index (κ2) is 8.86. The Labute approximate surface area is 159 Å². The van der Waals surface area contributed by atoms with Gasteiger partial charge in [0.25, 0.3) is 0 Å². The van der Waals surface area contributed by atoms with Crippen molar-refractivity contribution in [3.05, 3.63) is 23.8 Å². The van der Waals surface area contributed by atoms with E-state index in [0.29, 0.717) is 12.0 Å². The third-order valence-corrected chi connectivity index (χ3v) is 5.37. The molecule has 0 aromatic heterocycles. The minimum atomic E-state index is 0. The first kappa shape index (κ1) is 18.5. The van der Waals surface area contributed by atoms with E-state index in [9.17, 15) is 0 Å². The van der Waals surface area contributed by atoms with Gasteiger partial charge in [-0.05, 0) is 24.1 Å². The molecule has 0 radical (unpaired) electrons. The number of benzene rings is 1. The maximum atomic E-state index is 5.42. The fraction of sp³-hybridized carbons (Fsp3) is 0.562. The molecule has 1 N–H and O–H groups in total. The number of halogens is 1. The molecule has 23 heavy (non-hydrogen) atoms. The number of guanidine groups is 1. The molecular weight excluding hydrogens is 425 g/mol. The van der Waals surface area contributed by atoms with Gasteiger partial charge >= 0.3 is 0 Å². The van der Waals surface area contributed by atoms with E-state index in [0.717, 1.165) is 37.1 Å². The molecule has 0 amide bonds. The van der Waals surface area contributed by atoms with Crippen molar-refractivity contribution in [2.75, 3.05) is 32.7 Å². The fourth-order valence-corrected chi connectivity index (χ4v) is 3.90. The van der Waals surface area contributed by atoms with E-state index in [4.69, 9.17) is 9.47 Å². The third-order valence-electron chi connectivity index (χ3n) is 3.99. The first-order valence-electron chi connectivity index (χ1n) is 7.76. The quantitative estimate of drug-likeness (QED) is 0.437. The molecular formula is C16H24IN3O2S. The highest BCUT2D eigenvalue weighted by Crippen LogP contribution is 2.32. The van der Waals surface area contributed by atoms with Crippen LogP contribution in [0.4, 0.5) is 0 Å². The van der Waals surface area contributed by atoms with Crippen molar-refractivity contribution in [1.29, 1.82) is 0 Å². The van der Waals surface area contributed by atoms with Crippen LogP contribution in [0.25, 0.3) is 0 Å². The van der Waals surface area contributed by atoms with Crippen molar-refractivity contribution < 1.29 is 9.47 Å². The molecule has 2 heterocycles. The summed E-state index contributed by atoms with van der Waals surface area (Å²) in [5.74, 6) is 3.81. The molecule has 1 saturated heterocycles. The average Bonchev–Trinajstić information content (AvgIpc) is 3.03. The lowest BCUT2D eigenvalue weighted by Gasteiger charge is -2.34. The highest BCUT2D eigenvalue weighted by atomic mass is 127. The van der Waals surface area contributed by atoms with Crippen LogP contribution in [0.1, 0.15) is 18.9 Å². The van der Waals surface area contributed by atoms with Gasteiger partial charge in [0.05, 0.1) is 0 Å². The van der Waals surface area contributed by atoms with Crippen LogP contribution >= 0.6 is 35.7 Å². The Morgan fingerprint density at radius 1 is 1.39 bits per heavy atom. The Bertz CT molecular complexity index is 556. The van der Waals surface area contributed by atoms with Gasteiger partial charge in [0.15, 0.2) is 17.5 Å². The molecule has 0 bridgehead atoms. The number of thioether (sulfide) groups is 1. The first-order chi connectivity index (χ1) is 10.8. The topological polar surface area (TPSA) is 46.1 Å². The summed E-state index contributed by atoms with van der Waals surface area (Å²) in [6.07, 6.45) is 1.21. The lowest BCUT2D eigenvalue weighted by atomic mass is 10.2. The van der Waals surface area contributed by atoms with Crippen molar-refractivity contribution in [1.82, 2.24) is 10.2 Å². The van der Waals surface area contributed by atoms with Gasteiger partial charge < -0.3 is 19.7 Å². The molecule has 1 fully saturated rings. The Morgan fingerprint density at radius 3 is 3.00 bits per heavy atom. The number of rotatable bonds is 3. The first-order valence-corrected chi connectivity index (χ1v) is 8.80. The number of aliphatic imine (C=N–C) groups is 1. The minimum Gasteiger partial charge on any atom is -0.454 e. The number of fused-ring (bicyclic) bond motifs is 1. The molecule has 1 unspecified atom stereocenters. The minimum absolute atomic E-state index is 0. The maximum Gasteiger partial charge on any atom is 0.231 e. The summed E-state index contributed by atoms with van der Waals surface area (Å²) >= 11 is 2.07. The number of nitrogens with zero attached hydrogens (tertiary/aromatic N) is 2. The van der Waals surface area contributed by atoms with Crippen molar-refractivity contribution >= 4 is 41.7 Å². The van der Waals surface area contributed by atoms with E-state index < -0.39 is 0 Å². The predicted octanol–water partition coefficient (Wildman–Crippen LogP) is 2.94. The lowest BCUT2D eigenvalue weighted by Crippen LogP contribution is -2.47. The van der Waals surface area contributed by atoms with Gasteiger partial charge in [0, 0.05) is 37.7 Å². The average molecular weight is 449 g/mol. The molecule has 1 aromatic rings. The molecule has 0 aliphatic carbocycles. The molecule has 0 spiro atoms. The van der Waals surface area contributed by atoms with Gasteiger partial charge in [-0.15, -0.1) is 24.0 Å². The van der Waals surface area contributed by atoms with Gasteiger partial charge in [-0.25, -0.2) is 0 Å². The monoisotopic (exact) mass is 449 g/mol. The summed E-state index contributed by atoms with van der Waals surface area (Å²) in [5, 5.41) is 4.17. The molecule has 5 nitrogen and oxygen atoms in total.